The molecule has 3 rings (SSSR count). The van der Waals surface area contributed by atoms with Crippen LogP contribution in [0.2, 0.25) is 0 Å². The maximum absolute atomic E-state index is 12.2. The van der Waals surface area contributed by atoms with Gasteiger partial charge < -0.3 is 5.32 Å². The van der Waals surface area contributed by atoms with E-state index in [4.69, 9.17) is 0 Å². The fourth-order valence-corrected chi connectivity index (χ4v) is 3.75. The van der Waals surface area contributed by atoms with Crippen molar-refractivity contribution >= 4 is 32.7 Å². The van der Waals surface area contributed by atoms with Crippen molar-refractivity contribution in [3.05, 3.63) is 40.6 Å². The molecule has 0 saturated carbocycles. The monoisotopic (exact) mass is 280 g/mol. The maximum Gasteiger partial charge on any atom is 0.261 e. The third-order valence-corrected chi connectivity index (χ3v) is 4.93. The van der Waals surface area contributed by atoms with E-state index >= 15 is 0 Å². The third kappa shape index (κ3) is 2.09. The van der Waals surface area contributed by atoms with Crippen molar-refractivity contribution in [3.63, 3.8) is 0 Å². The van der Waals surface area contributed by atoms with E-state index in [9.17, 15) is 8.42 Å². The van der Waals surface area contributed by atoms with E-state index in [1.54, 1.807) is 23.6 Å². The first-order valence-electron chi connectivity index (χ1n) is 5.57. The summed E-state index contributed by atoms with van der Waals surface area (Å²) in [7, 11) is -3.48. The van der Waals surface area contributed by atoms with Crippen molar-refractivity contribution in [2.75, 3.05) is 16.6 Å². The molecule has 1 aliphatic heterocycles. The van der Waals surface area contributed by atoms with Gasteiger partial charge in [-0.3, -0.25) is 4.72 Å². The Bertz CT molecular complexity index is 663. The van der Waals surface area contributed by atoms with Gasteiger partial charge in [0, 0.05) is 17.6 Å². The summed E-state index contributed by atoms with van der Waals surface area (Å²) in [5.74, 6) is 0. The van der Waals surface area contributed by atoms with Gasteiger partial charge in [-0.2, -0.15) is 11.3 Å². The Hall–Kier alpha value is -1.53. The lowest BCUT2D eigenvalue weighted by molar-refractivity contribution is 0.601. The van der Waals surface area contributed by atoms with Crippen LogP contribution in [-0.4, -0.2) is 15.0 Å². The Morgan fingerprint density at radius 1 is 1.28 bits per heavy atom. The molecule has 2 aromatic rings. The van der Waals surface area contributed by atoms with Gasteiger partial charge >= 0.3 is 0 Å². The molecule has 1 aromatic heterocycles. The molecule has 0 unspecified atom stereocenters. The number of anilines is 2. The second-order valence-corrected chi connectivity index (χ2v) is 6.58. The number of fused-ring (bicyclic) bond motifs is 1. The van der Waals surface area contributed by atoms with Crippen LogP contribution in [0.25, 0.3) is 0 Å². The van der Waals surface area contributed by atoms with Crippen molar-refractivity contribution in [2.45, 2.75) is 11.3 Å². The summed E-state index contributed by atoms with van der Waals surface area (Å²) >= 11 is 1.46. The molecule has 4 nitrogen and oxygen atoms in total. The molecule has 0 amide bonds. The first kappa shape index (κ1) is 11.6. The lowest BCUT2D eigenvalue weighted by Gasteiger charge is -2.08. The zero-order valence-corrected chi connectivity index (χ0v) is 11.1. The molecule has 0 spiro atoms. The molecule has 0 fully saturated rings. The Labute approximate surface area is 110 Å². The molecule has 0 saturated heterocycles. The Morgan fingerprint density at radius 2 is 2.17 bits per heavy atom. The number of benzene rings is 1. The second-order valence-electron chi connectivity index (χ2n) is 4.11. The summed E-state index contributed by atoms with van der Waals surface area (Å²) in [5, 5.41) is 6.82. The minimum Gasteiger partial charge on any atom is -0.384 e. The van der Waals surface area contributed by atoms with E-state index in [-0.39, 0.29) is 0 Å². The van der Waals surface area contributed by atoms with Crippen molar-refractivity contribution in [2.24, 2.45) is 0 Å². The fraction of sp³-hybridized carbons (Fsp3) is 0.167. The number of hydrogen-bond acceptors (Lipinski definition) is 4. The predicted octanol–water partition coefficient (Wildman–Crippen LogP) is 2.52. The van der Waals surface area contributed by atoms with Gasteiger partial charge in [0.25, 0.3) is 10.0 Å². The summed E-state index contributed by atoms with van der Waals surface area (Å²) in [6.07, 6.45) is 0.872. The summed E-state index contributed by atoms with van der Waals surface area (Å²) < 4.78 is 26.9. The van der Waals surface area contributed by atoms with Crippen molar-refractivity contribution in [1.82, 2.24) is 0 Å². The molecule has 0 radical (unpaired) electrons. The topological polar surface area (TPSA) is 58.2 Å². The number of nitrogens with one attached hydrogen (secondary N) is 2. The molecule has 2 N–H and O–H groups in total. The molecule has 94 valence electrons. The lowest BCUT2D eigenvalue weighted by Crippen LogP contribution is -2.12. The van der Waals surface area contributed by atoms with Gasteiger partial charge in [0.05, 0.1) is 10.6 Å². The zero-order valence-electron chi connectivity index (χ0n) is 9.51. The molecule has 18 heavy (non-hydrogen) atoms. The molecule has 0 aliphatic carbocycles. The average Bonchev–Trinajstić information content (AvgIpc) is 2.97. The quantitative estimate of drug-likeness (QED) is 0.908. The van der Waals surface area contributed by atoms with Crippen LogP contribution in [-0.2, 0) is 16.4 Å². The van der Waals surface area contributed by atoms with Crippen LogP contribution in [0.5, 0.6) is 0 Å². The summed E-state index contributed by atoms with van der Waals surface area (Å²) in [6.45, 7) is 0.872. The van der Waals surface area contributed by atoms with E-state index in [0.29, 0.717) is 10.6 Å². The van der Waals surface area contributed by atoms with Crippen LogP contribution < -0.4 is 10.0 Å². The summed E-state index contributed by atoms with van der Waals surface area (Å²) in [5.41, 5.74) is 2.70. The third-order valence-electron chi connectivity index (χ3n) is 2.87. The Balaban J connectivity index is 1.94. The number of hydrogen-bond donors (Lipinski definition) is 2. The smallest absolute Gasteiger partial charge is 0.261 e. The highest BCUT2D eigenvalue weighted by Gasteiger charge is 2.18. The van der Waals surface area contributed by atoms with Crippen LogP contribution in [0.4, 0.5) is 11.4 Å². The van der Waals surface area contributed by atoms with E-state index in [1.807, 2.05) is 11.4 Å². The first-order valence-corrected chi connectivity index (χ1v) is 7.99. The number of sulfonamides is 1. The summed E-state index contributed by atoms with van der Waals surface area (Å²) in [6, 6.07) is 6.94. The lowest BCUT2D eigenvalue weighted by atomic mass is 10.2. The molecule has 1 aromatic carbocycles. The van der Waals surface area contributed by atoms with Crippen molar-refractivity contribution in [1.29, 1.82) is 0 Å². The van der Waals surface area contributed by atoms with Crippen molar-refractivity contribution in [3.8, 4) is 0 Å². The average molecular weight is 280 g/mol. The first-order chi connectivity index (χ1) is 8.65. The highest BCUT2D eigenvalue weighted by Crippen LogP contribution is 2.26. The van der Waals surface area contributed by atoms with Crippen LogP contribution in [0.3, 0.4) is 0 Å². The highest BCUT2D eigenvalue weighted by atomic mass is 32.2. The largest absolute Gasteiger partial charge is 0.384 e. The summed E-state index contributed by atoms with van der Waals surface area (Å²) in [4.78, 5) is 0.316. The van der Waals surface area contributed by atoms with E-state index in [2.05, 4.69) is 10.0 Å². The van der Waals surface area contributed by atoms with Gasteiger partial charge in [0.2, 0.25) is 0 Å². The van der Waals surface area contributed by atoms with E-state index in [1.165, 1.54) is 11.3 Å². The van der Waals surface area contributed by atoms with E-state index in [0.717, 1.165) is 24.2 Å². The van der Waals surface area contributed by atoms with E-state index < -0.39 is 10.0 Å². The van der Waals surface area contributed by atoms with Gasteiger partial charge in [-0.25, -0.2) is 8.42 Å². The predicted molar refractivity (Wildman–Crippen MR) is 73.8 cm³/mol. The molecule has 0 atom stereocenters. The minimum atomic E-state index is -3.48. The van der Waals surface area contributed by atoms with Gasteiger partial charge in [-0.15, -0.1) is 0 Å². The highest BCUT2D eigenvalue weighted by molar-refractivity contribution is 7.92. The fourth-order valence-electron chi connectivity index (χ4n) is 1.98. The Morgan fingerprint density at radius 3 is 2.94 bits per heavy atom. The Kier molecular flexibility index (Phi) is 2.76. The van der Waals surface area contributed by atoms with Crippen LogP contribution in [0.15, 0.2) is 39.9 Å². The van der Waals surface area contributed by atoms with Crippen LogP contribution >= 0.6 is 11.3 Å². The standard InChI is InChI=1S/C12H12N2O2S2/c15-18(16,14-10-4-6-17-8-10)11-1-2-12-9(7-11)3-5-13-12/h1-2,4,6-8,13-14H,3,5H2. The number of rotatable bonds is 3. The van der Waals surface area contributed by atoms with Crippen molar-refractivity contribution < 1.29 is 8.42 Å². The molecule has 1 aliphatic rings. The molecule has 0 bridgehead atoms. The molecular weight excluding hydrogens is 268 g/mol. The molecular formula is C12H12N2O2S2. The SMILES string of the molecule is O=S(=O)(Nc1ccsc1)c1ccc2c(c1)CCN2. The van der Waals surface area contributed by atoms with Crippen LogP contribution in [0, 0.1) is 0 Å². The van der Waals surface area contributed by atoms with Crippen LogP contribution in [0.1, 0.15) is 5.56 Å². The minimum absolute atomic E-state index is 0.316. The second kappa shape index (κ2) is 4.29. The molecule has 6 heteroatoms. The number of thiophene rings is 1. The zero-order chi connectivity index (χ0) is 12.6. The van der Waals surface area contributed by atoms with Gasteiger partial charge in [-0.1, -0.05) is 0 Å². The normalized spacial score (nSPS) is 14.0. The van der Waals surface area contributed by atoms with Gasteiger partial charge in [0.1, 0.15) is 0 Å². The van der Waals surface area contributed by atoms with Gasteiger partial charge in [-0.05, 0) is 41.6 Å². The maximum atomic E-state index is 12.2. The molecule has 2 heterocycles. The van der Waals surface area contributed by atoms with Gasteiger partial charge in [0.15, 0.2) is 0 Å².